The number of carbonyl (C=O) groups excluding carboxylic acids is 1. The van der Waals surface area contributed by atoms with E-state index in [1.165, 1.54) is 50.8 Å². The van der Waals surface area contributed by atoms with E-state index in [1.54, 1.807) is 36.4 Å². The lowest BCUT2D eigenvalue weighted by Gasteiger charge is -2.29. The first-order valence-corrected chi connectivity index (χ1v) is 13.9. The van der Waals surface area contributed by atoms with Crippen molar-refractivity contribution in [1.82, 2.24) is 5.43 Å². The van der Waals surface area contributed by atoms with Crippen molar-refractivity contribution in [1.29, 1.82) is 0 Å². The number of para-hydroxylation sites is 1. The SMILES string of the molecule is COc1ccc(S(=O)(=O)N(CC(=O)N/N=C\c2cc([N+](=O)[O-])ccc2N2CCOCC2)c2ccccc2)cc1OC. The molecule has 3 aromatic rings. The predicted molar refractivity (Wildman–Crippen MR) is 152 cm³/mol. The fourth-order valence-corrected chi connectivity index (χ4v) is 5.64. The summed E-state index contributed by atoms with van der Waals surface area (Å²) in [5.74, 6) is -0.168. The Bertz CT molecular complexity index is 1530. The minimum Gasteiger partial charge on any atom is -0.493 e. The molecule has 1 fully saturated rings. The Balaban J connectivity index is 1.58. The van der Waals surface area contributed by atoms with Crippen molar-refractivity contribution in [3.8, 4) is 11.5 Å². The number of hydrogen-bond acceptors (Lipinski definition) is 10. The van der Waals surface area contributed by atoms with Crippen LogP contribution in [0.4, 0.5) is 17.1 Å². The van der Waals surface area contributed by atoms with E-state index in [4.69, 9.17) is 14.2 Å². The van der Waals surface area contributed by atoms with Crippen molar-refractivity contribution in [3.05, 3.63) is 82.4 Å². The van der Waals surface area contributed by atoms with Crippen molar-refractivity contribution in [2.24, 2.45) is 5.10 Å². The Morgan fingerprint density at radius 2 is 1.78 bits per heavy atom. The second-order valence-electron chi connectivity index (χ2n) is 8.76. The van der Waals surface area contributed by atoms with E-state index >= 15 is 0 Å². The number of nitro benzene ring substituents is 1. The summed E-state index contributed by atoms with van der Waals surface area (Å²) in [5.41, 5.74) is 3.58. The number of methoxy groups -OCH3 is 2. The minimum atomic E-state index is -4.23. The Morgan fingerprint density at radius 3 is 2.44 bits per heavy atom. The van der Waals surface area contributed by atoms with Crippen molar-refractivity contribution in [3.63, 3.8) is 0 Å². The maximum Gasteiger partial charge on any atom is 0.270 e. The van der Waals surface area contributed by atoms with Gasteiger partial charge < -0.3 is 19.1 Å². The van der Waals surface area contributed by atoms with Crippen LogP contribution in [0.15, 0.2) is 76.7 Å². The van der Waals surface area contributed by atoms with Gasteiger partial charge in [0.2, 0.25) is 0 Å². The quantitative estimate of drug-likeness (QED) is 0.204. The Labute approximate surface area is 237 Å². The van der Waals surface area contributed by atoms with Crippen molar-refractivity contribution in [2.45, 2.75) is 4.90 Å². The van der Waals surface area contributed by atoms with Gasteiger partial charge in [-0.05, 0) is 30.3 Å². The third-order valence-corrected chi connectivity index (χ3v) is 8.01. The zero-order chi connectivity index (χ0) is 29.4. The lowest BCUT2D eigenvalue weighted by molar-refractivity contribution is -0.384. The molecule has 216 valence electrons. The highest BCUT2D eigenvalue weighted by atomic mass is 32.2. The Kier molecular flexibility index (Phi) is 9.37. The second-order valence-corrected chi connectivity index (χ2v) is 10.6. The van der Waals surface area contributed by atoms with Gasteiger partial charge >= 0.3 is 0 Å². The van der Waals surface area contributed by atoms with Gasteiger partial charge in [0.05, 0.1) is 49.2 Å². The molecule has 41 heavy (non-hydrogen) atoms. The molecule has 13 nitrogen and oxygen atoms in total. The van der Waals surface area contributed by atoms with Gasteiger partial charge in [-0.2, -0.15) is 5.10 Å². The number of ether oxygens (including phenoxy) is 3. The number of non-ortho nitro benzene ring substituents is 1. The number of morpholine rings is 1. The monoisotopic (exact) mass is 583 g/mol. The molecule has 1 aliphatic rings. The number of benzene rings is 3. The molecule has 1 amide bonds. The smallest absolute Gasteiger partial charge is 0.270 e. The number of hydrogen-bond donors (Lipinski definition) is 1. The molecule has 1 heterocycles. The normalized spacial score (nSPS) is 13.6. The maximum atomic E-state index is 13.7. The molecule has 0 unspecified atom stereocenters. The molecule has 0 atom stereocenters. The van der Waals surface area contributed by atoms with Crippen LogP contribution in [0.2, 0.25) is 0 Å². The van der Waals surface area contributed by atoms with Gasteiger partial charge in [-0.3, -0.25) is 19.2 Å². The summed E-state index contributed by atoms with van der Waals surface area (Å²) >= 11 is 0. The third kappa shape index (κ3) is 6.91. The van der Waals surface area contributed by atoms with E-state index in [2.05, 4.69) is 10.5 Å². The van der Waals surface area contributed by atoms with Gasteiger partial charge in [0.25, 0.3) is 21.6 Å². The zero-order valence-corrected chi connectivity index (χ0v) is 23.2. The lowest BCUT2D eigenvalue weighted by Crippen LogP contribution is -2.39. The Hall–Kier alpha value is -4.69. The number of nitro groups is 1. The zero-order valence-electron chi connectivity index (χ0n) is 22.4. The van der Waals surface area contributed by atoms with Gasteiger partial charge in [-0.15, -0.1) is 0 Å². The number of hydrazone groups is 1. The number of amides is 1. The standard InChI is InChI=1S/C27H29N5O8S/c1-38-25-11-9-23(17-26(25)39-2)41(36,37)31(21-6-4-3-5-7-21)19-27(33)29-28-18-20-16-22(32(34)35)8-10-24(20)30-12-14-40-15-13-30/h3-11,16-18H,12-15,19H2,1-2H3,(H,29,33)/b28-18-. The van der Waals surface area contributed by atoms with E-state index in [1.807, 2.05) is 4.90 Å². The molecule has 0 aromatic heterocycles. The average molecular weight is 584 g/mol. The molecule has 3 aromatic carbocycles. The van der Waals surface area contributed by atoms with Gasteiger partial charge in [0, 0.05) is 42.5 Å². The fourth-order valence-electron chi connectivity index (χ4n) is 4.20. The molecular weight excluding hydrogens is 554 g/mol. The number of anilines is 2. The summed E-state index contributed by atoms with van der Waals surface area (Å²) < 4.78 is 44.2. The summed E-state index contributed by atoms with van der Waals surface area (Å²) in [7, 11) is -1.40. The molecule has 1 saturated heterocycles. The Morgan fingerprint density at radius 1 is 1.07 bits per heavy atom. The topological polar surface area (TPSA) is 153 Å². The van der Waals surface area contributed by atoms with Gasteiger partial charge in [-0.1, -0.05) is 18.2 Å². The molecule has 0 bridgehead atoms. The first-order chi connectivity index (χ1) is 19.7. The molecular formula is C27H29N5O8S. The minimum absolute atomic E-state index is 0.109. The largest absolute Gasteiger partial charge is 0.493 e. The van der Waals surface area contributed by atoms with E-state index in [0.717, 1.165) is 4.31 Å². The van der Waals surface area contributed by atoms with Gasteiger partial charge in [0.15, 0.2) is 11.5 Å². The third-order valence-electron chi connectivity index (χ3n) is 6.24. The molecule has 1 N–H and O–H groups in total. The highest BCUT2D eigenvalue weighted by Crippen LogP contribution is 2.32. The number of carbonyl (C=O) groups is 1. The average Bonchev–Trinajstić information content (AvgIpc) is 3.00. The van der Waals surface area contributed by atoms with Gasteiger partial charge in [-0.25, -0.2) is 13.8 Å². The first kappa shape index (κ1) is 29.3. The van der Waals surface area contributed by atoms with Crippen molar-refractivity contribution in [2.75, 3.05) is 56.3 Å². The summed E-state index contributed by atoms with van der Waals surface area (Å²) in [6.07, 6.45) is 1.30. The molecule has 0 radical (unpaired) electrons. The number of nitrogens with one attached hydrogen (secondary N) is 1. The highest BCUT2D eigenvalue weighted by molar-refractivity contribution is 7.92. The molecule has 0 saturated carbocycles. The number of sulfonamides is 1. The van der Waals surface area contributed by atoms with Crippen molar-refractivity contribution < 1.29 is 32.3 Å². The predicted octanol–water partition coefficient (Wildman–Crippen LogP) is 2.79. The van der Waals surface area contributed by atoms with Gasteiger partial charge in [0.1, 0.15) is 6.54 Å². The number of nitrogens with zero attached hydrogens (tertiary/aromatic N) is 4. The lowest BCUT2D eigenvalue weighted by atomic mass is 10.1. The molecule has 0 spiro atoms. The van der Waals surface area contributed by atoms with Crippen LogP contribution in [0.3, 0.4) is 0 Å². The molecule has 14 heteroatoms. The molecule has 0 aliphatic carbocycles. The molecule has 1 aliphatic heterocycles. The van der Waals surface area contributed by atoms with Crippen LogP contribution >= 0.6 is 0 Å². The summed E-state index contributed by atoms with van der Waals surface area (Å²) in [4.78, 5) is 25.7. The van der Waals surface area contributed by atoms with Crippen LogP contribution in [-0.4, -0.2) is 72.5 Å². The summed E-state index contributed by atoms with van der Waals surface area (Å²) in [6, 6.07) is 16.7. The van der Waals surface area contributed by atoms with Crippen LogP contribution in [0.5, 0.6) is 11.5 Å². The summed E-state index contributed by atoms with van der Waals surface area (Å²) in [6.45, 7) is 1.60. The van der Waals surface area contributed by atoms with E-state index < -0.39 is 27.4 Å². The molecule has 4 rings (SSSR count). The van der Waals surface area contributed by atoms with Crippen molar-refractivity contribution >= 4 is 39.2 Å². The first-order valence-electron chi connectivity index (χ1n) is 12.5. The van der Waals surface area contributed by atoms with Crippen LogP contribution < -0.4 is 24.1 Å². The van der Waals surface area contributed by atoms with E-state index in [-0.39, 0.29) is 22.0 Å². The van der Waals surface area contributed by atoms with Crippen LogP contribution in [0.25, 0.3) is 0 Å². The van der Waals surface area contributed by atoms with E-state index in [9.17, 15) is 23.3 Å². The second kappa shape index (κ2) is 13.1. The highest BCUT2D eigenvalue weighted by Gasteiger charge is 2.28. The summed E-state index contributed by atoms with van der Waals surface area (Å²) in [5, 5.41) is 15.3. The van der Waals surface area contributed by atoms with Crippen LogP contribution in [0.1, 0.15) is 5.56 Å². The fraction of sp³-hybridized carbons (Fsp3) is 0.259. The van der Waals surface area contributed by atoms with Crippen LogP contribution in [0, 0.1) is 10.1 Å². The van der Waals surface area contributed by atoms with Crippen LogP contribution in [-0.2, 0) is 19.6 Å². The maximum absolute atomic E-state index is 13.7. The number of rotatable bonds is 11. The van der Waals surface area contributed by atoms with E-state index in [0.29, 0.717) is 43.3 Å².